The number of aryl methyl sites for hydroxylation is 1. The van der Waals surface area contributed by atoms with Gasteiger partial charge in [-0.15, -0.1) is 0 Å². The van der Waals surface area contributed by atoms with Crippen LogP contribution in [0.25, 0.3) is 21.9 Å². The van der Waals surface area contributed by atoms with Crippen LogP contribution in [0, 0.1) is 0 Å². The molecule has 1 heterocycles. The SMILES string of the molecule is CC(C)c1occ(CCc2c(Cl)cccc2Cl)c1COc1ccc(-c2ccc3cc(C(=O)O)ccc3c2)cc1. The quantitative estimate of drug-likeness (QED) is 0.195. The largest absolute Gasteiger partial charge is 0.489 e. The van der Waals surface area contributed by atoms with Crippen LogP contribution in [0.1, 0.15) is 52.6 Å². The Labute approximate surface area is 237 Å². The van der Waals surface area contributed by atoms with Crippen molar-refractivity contribution in [2.45, 2.75) is 39.2 Å². The van der Waals surface area contributed by atoms with Crippen LogP contribution in [0.15, 0.2) is 89.5 Å². The number of hydrogen-bond acceptors (Lipinski definition) is 3. The van der Waals surface area contributed by atoms with E-state index < -0.39 is 5.97 Å². The van der Waals surface area contributed by atoms with Crippen molar-refractivity contribution in [3.8, 4) is 16.9 Å². The highest BCUT2D eigenvalue weighted by molar-refractivity contribution is 6.36. The highest BCUT2D eigenvalue weighted by atomic mass is 35.5. The Kier molecular flexibility index (Phi) is 7.97. The zero-order valence-electron chi connectivity index (χ0n) is 21.7. The van der Waals surface area contributed by atoms with Gasteiger partial charge in [0, 0.05) is 21.5 Å². The van der Waals surface area contributed by atoms with Crippen molar-refractivity contribution in [2.24, 2.45) is 0 Å². The van der Waals surface area contributed by atoms with Gasteiger partial charge in [-0.1, -0.05) is 73.4 Å². The summed E-state index contributed by atoms with van der Waals surface area (Å²) >= 11 is 12.8. The fraction of sp³-hybridized carbons (Fsp3) is 0.182. The van der Waals surface area contributed by atoms with Gasteiger partial charge in [-0.25, -0.2) is 4.79 Å². The molecule has 1 N–H and O–H groups in total. The lowest BCUT2D eigenvalue weighted by molar-refractivity contribution is 0.0697. The van der Waals surface area contributed by atoms with E-state index >= 15 is 0 Å². The monoisotopic (exact) mass is 558 g/mol. The van der Waals surface area contributed by atoms with E-state index in [0.29, 0.717) is 23.1 Å². The first-order chi connectivity index (χ1) is 18.8. The van der Waals surface area contributed by atoms with Crippen LogP contribution in [-0.2, 0) is 19.4 Å². The van der Waals surface area contributed by atoms with Gasteiger partial charge in [0.2, 0.25) is 0 Å². The third-order valence-corrected chi connectivity index (χ3v) is 7.61. The molecular weight excluding hydrogens is 531 g/mol. The summed E-state index contributed by atoms with van der Waals surface area (Å²) in [5, 5.41) is 12.5. The summed E-state index contributed by atoms with van der Waals surface area (Å²) in [7, 11) is 0. The molecule has 4 aromatic carbocycles. The van der Waals surface area contributed by atoms with Gasteiger partial charge in [0.05, 0.1) is 11.8 Å². The summed E-state index contributed by atoms with van der Waals surface area (Å²) in [6.45, 7) is 4.62. The molecule has 0 spiro atoms. The molecule has 0 aliphatic carbocycles. The van der Waals surface area contributed by atoms with Crippen LogP contribution in [0.3, 0.4) is 0 Å². The van der Waals surface area contributed by atoms with E-state index in [4.69, 9.17) is 32.4 Å². The van der Waals surface area contributed by atoms with E-state index in [2.05, 4.69) is 19.9 Å². The molecule has 0 aliphatic heterocycles. The maximum atomic E-state index is 11.3. The Balaban J connectivity index is 1.30. The topological polar surface area (TPSA) is 59.7 Å². The number of ether oxygens (including phenoxy) is 1. The molecule has 0 aliphatic rings. The van der Waals surface area contributed by atoms with Crippen molar-refractivity contribution in [2.75, 3.05) is 0 Å². The number of carboxylic acids is 1. The summed E-state index contributed by atoms with van der Waals surface area (Å²) in [6.07, 6.45) is 3.27. The molecule has 0 radical (unpaired) electrons. The van der Waals surface area contributed by atoms with Gasteiger partial charge in [-0.3, -0.25) is 0 Å². The molecule has 5 rings (SSSR count). The molecule has 0 atom stereocenters. The predicted octanol–water partition coefficient (Wildman–Crippen LogP) is 9.59. The van der Waals surface area contributed by atoms with E-state index in [1.807, 2.05) is 66.9 Å². The summed E-state index contributed by atoms with van der Waals surface area (Å²) in [4.78, 5) is 11.3. The van der Waals surface area contributed by atoms with Crippen LogP contribution in [0.2, 0.25) is 10.0 Å². The molecule has 6 heteroatoms. The average Bonchev–Trinajstić information content (AvgIpc) is 3.34. The summed E-state index contributed by atoms with van der Waals surface area (Å²) in [5.41, 5.74) is 5.48. The highest BCUT2D eigenvalue weighted by Crippen LogP contribution is 2.31. The average molecular weight is 559 g/mol. The molecule has 0 saturated heterocycles. The standard InChI is InChI=1S/C33H28Cl2O4/c1-20(2)32-29(26(18-39-32)12-15-28-30(34)4-3-5-31(28)35)19-38-27-13-10-21(11-14-27)22-6-7-24-17-25(33(36)37)9-8-23(24)16-22/h3-11,13-14,16-18,20H,12,15,19H2,1-2H3,(H,36,37). The zero-order chi connectivity index (χ0) is 27.5. The van der Waals surface area contributed by atoms with E-state index in [-0.39, 0.29) is 11.5 Å². The van der Waals surface area contributed by atoms with Gasteiger partial charge in [-0.05, 0) is 88.3 Å². The van der Waals surface area contributed by atoms with Gasteiger partial charge < -0.3 is 14.3 Å². The van der Waals surface area contributed by atoms with Crippen molar-refractivity contribution in [3.05, 3.63) is 123 Å². The normalized spacial score (nSPS) is 11.3. The van der Waals surface area contributed by atoms with Gasteiger partial charge in [0.25, 0.3) is 0 Å². The Morgan fingerprint density at radius 2 is 1.51 bits per heavy atom. The third kappa shape index (κ3) is 5.98. The maximum absolute atomic E-state index is 11.3. The summed E-state index contributed by atoms with van der Waals surface area (Å²) in [6, 6.07) is 24.7. The number of fused-ring (bicyclic) bond motifs is 1. The number of benzene rings is 4. The lowest BCUT2D eigenvalue weighted by atomic mass is 9.99. The lowest BCUT2D eigenvalue weighted by Gasteiger charge is -2.12. The smallest absolute Gasteiger partial charge is 0.335 e. The van der Waals surface area contributed by atoms with Crippen LogP contribution in [0.5, 0.6) is 5.75 Å². The first-order valence-corrected chi connectivity index (χ1v) is 13.6. The maximum Gasteiger partial charge on any atom is 0.335 e. The zero-order valence-corrected chi connectivity index (χ0v) is 23.2. The fourth-order valence-electron chi connectivity index (χ4n) is 4.78. The molecule has 0 saturated carbocycles. The van der Waals surface area contributed by atoms with Crippen LogP contribution in [0.4, 0.5) is 0 Å². The molecule has 1 aromatic heterocycles. The van der Waals surface area contributed by atoms with E-state index in [1.54, 1.807) is 12.1 Å². The van der Waals surface area contributed by atoms with E-state index in [0.717, 1.165) is 56.5 Å². The molecule has 0 bridgehead atoms. The van der Waals surface area contributed by atoms with Crippen LogP contribution >= 0.6 is 23.2 Å². The Morgan fingerprint density at radius 3 is 2.21 bits per heavy atom. The number of aromatic carboxylic acids is 1. The number of furan rings is 1. The second kappa shape index (κ2) is 11.6. The molecule has 5 aromatic rings. The Morgan fingerprint density at radius 1 is 0.846 bits per heavy atom. The second-order valence-corrected chi connectivity index (χ2v) is 10.7. The molecule has 39 heavy (non-hydrogen) atoms. The Hall–Kier alpha value is -3.73. The van der Waals surface area contributed by atoms with Crippen molar-refractivity contribution >= 4 is 39.9 Å². The summed E-state index contributed by atoms with van der Waals surface area (Å²) in [5.74, 6) is 0.989. The molecule has 0 amide bonds. The second-order valence-electron chi connectivity index (χ2n) is 9.85. The Bertz CT molecular complexity index is 1610. The minimum atomic E-state index is -0.926. The first kappa shape index (κ1) is 26.9. The lowest BCUT2D eigenvalue weighted by Crippen LogP contribution is -2.03. The van der Waals surface area contributed by atoms with Crippen molar-refractivity contribution in [1.29, 1.82) is 0 Å². The number of hydrogen-bond donors (Lipinski definition) is 1. The number of rotatable bonds is 9. The number of carbonyl (C=O) groups is 1. The van der Waals surface area contributed by atoms with E-state index in [9.17, 15) is 9.90 Å². The van der Waals surface area contributed by atoms with Gasteiger partial charge >= 0.3 is 5.97 Å². The van der Waals surface area contributed by atoms with Crippen molar-refractivity contribution in [1.82, 2.24) is 0 Å². The first-order valence-electron chi connectivity index (χ1n) is 12.8. The summed E-state index contributed by atoms with van der Waals surface area (Å²) < 4.78 is 12.2. The minimum absolute atomic E-state index is 0.225. The van der Waals surface area contributed by atoms with Gasteiger partial charge in [-0.2, -0.15) is 0 Å². The number of carboxylic acid groups (broad SMARTS) is 1. The predicted molar refractivity (Wildman–Crippen MR) is 157 cm³/mol. The molecular formula is C33H28Cl2O4. The fourth-order valence-corrected chi connectivity index (χ4v) is 5.37. The minimum Gasteiger partial charge on any atom is -0.489 e. The van der Waals surface area contributed by atoms with Crippen LogP contribution < -0.4 is 4.74 Å². The van der Waals surface area contributed by atoms with Crippen molar-refractivity contribution < 1.29 is 19.1 Å². The third-order valence-electron chi connectivity index (χ3n) is 6.90. The van der Waals surface area contributed by atoms with Crippen LogP contribution in [-0.4, -0.2) is 11.1 Å². The number of halogens is 2. The van der Waals surface area contributed by atoms with Crippen molar-refractivity contribution in [3.63, 3.8) is 0 Å². The highest BCUT2D eigenvalue weighted by Gasteiger charge is 2.18. The van der Waals surface area contributed by atoms with E-state index in [1.165, 1.54) is 0 Å². The van der Waals surface area contributed by atoms with Gasteiger partial charge in [0.1, 0.15) is 18.1 Å². The molecule has 0 fully saturated rings. The van der Waals surface area contributed by atoms with Gasteiger partial charge in [0.15, 0.2) is 0 Å². The molecule has 198 valence electrons. The molecule has 4 nitrogen and oxygen atoms in total. The molecule has 0 unspecified atom stereocenters.